The lowest BCUT2D eigenvalue weighted by Crippen LogP contribution is -2.44. The molecule has 126 valence electrons. The van der Waals surface area contributed by atoms with Crippen LogP contribution in [-0.4, -0.2) is 36.5 Å². The van der Waals surface area contributed by atoms with Crippen molar-refractivity contribution in [2.45, 2.75) is 52.0 Å². The minimum atomic E-state index is -0.473. The van der Waals surface area contributed by atoms with E-state index in [0.717, 1.165) is 29.7 Å². The lowest BCUT2D eigenvalue weighted by Gasteiger charge is -2.30. The van der Waals surface area contributed by atoms with E-state index in [1.54, 1.807) is 0 Å². The number of aryl methyl sites for hydroxylation is 2. The Morgan fingerprint density at radius 2 is 1.87 bits per heavy atom. The molecule has 0 unspecified atom stereocenters. The van der Waals surface area contributed by atoms with Gasteiger partial charge in [0.05, 0.1) is 6.54 Å². The molecule has 0 aromatic heterocycles. The summed E-state index contributed by atoms with van der Waals surface area (Å²) in [5, 5.41) is 5.14. The number of anilines is 1. The third-order valence-electron chi connectivity index (χ3n) is 4.47. The number of rotatable bonds is 4. The summed E-state index contributed by atoms with van der Waals surface area (Å²) < 4.78 is 0. The Kier molecular flexibility index (Phi) is 6.16. The number of likely N-dealkylation sites (N-methyl/N-ethyl adjacent to an activating group) is 1. The second-order valence-electron chi connectivity index (χ2n) is 6.53. The van der Waals surface area contributed by atoms with Crippen LogP contribution in [0.4, 0.5) is 10.5 Å². The first-order valence-corrected chi connectivity index (χ1v) is 8.34. The molecule has 1 aromatic rings. The summed E-state index contributed by atoms with van der Waals surface area (Å²) in [7, 11) is 1.96. The number of urea groups is 1. The maximum atomic E-state index is 12.0. The van der Waals surface area contributed by atoms with E-state index < -0.39 is 6.03 Å². The maximum absolute atomic E-state index is 12.0. The minimum Gasteiger partial charge on any atom is -0.307 e. The SMILES string of the molecule is Cc1ccc(NC(=O)NC(=O)CN(C)C2CCCCC2)c(C)c1. The summed E-state index contributed by atoms with van der Waals surface area (Å²) in [6.45, 7) is 4.19. The lowest BCUT2D eigenvalue weighted by atomic mass is 9.94. The Bertz CT molecular complexity index is 565. The molecule has 2 rings (SSSR count). The van der Waals surface area contributed by atoms with Crippen LogP contribution in [0.5, 0.6) is 0 Å². The fraction of sp³-hybridized carbons (Fsp3) is 0.556. The Balaban J connectivity index is 1.81. The van der Waals surface area contributed by atoms with Crippen LogP contribution >= 0.6 is 0 Å². The molecule has 23 heavy (non-hydrogen) atoms. The van der Waals surface area contributed by atoms with Gasteiger partial charge in [0.15, 0.2) is 0 Å². The summed E-state index contributed by atoms with van der Waals surface area (Å²) in [5.74, 6) is -0.264. The monoisotopic (exact) mass is 317 g/mol. The van der Waals surface area contributed by atoms with Gasteiger partial charge < -0.3 is 5.32 Å². The lowest BCUT2D eigenvalue weighted by molar-refractivity contribution is -0.121. The molecule has 0 atom stereocenters. The molecular formula is C18H27N3O2. The quantitative estimate of drug-likeness (QED) is 0.896. The van der Waals surface area contributed by atoms with Crippen molar-refractivity contribution in [3.8, 4) is 0 Å². The first kappa shape index (κ1) is 17.5. The highest BCUT2D eigenvalue weighted by Crippen LogP contribution is 2.21. The Hall–Kier alpha value is -1.88. The molecule has 1 aliphatic rings. The molecule has 1 aromatic carbocycles. The van der Waals surface area contributed by atoms with Crippen molar-refractivity contribution >= 4 is 17.6 Å². The third-order valence-corrected chi connectivity index (χ3v) is 4.47. The molecule has 0 spiro atoms. The first-order valence-electron chi connectivity index (χ1n) is 8.34. The van der Waals surface area contributed by atoms with Crippen LogP contribution in [0.2, 0.25) is 0 Å². The molecule has 1 saturated carbocycles. The highest BCUT2D eigenvalue weighted by atomic mass is 16.2. The molecule has 1 aliphatic carbocycles. The molecular weight excluding hydrogens is 290 g/mol. The van der Waals surface area contributed by atoms with Crippen molar-refractivity contribution in [3.63, 3.8) is 0 Å². The van der Waals surface area contributed by atoms with Crippen molar-refractivity contribution in [3.05, 3.63) is 29.3 Å². The molecule has 0 aliphatic heterocycles. The number of amides is 3. The van der Waals surface area contributed by atoms with Gasteiger partial charge >= 0.3 is 6.03 Å². The van der Waals surface area contributed by atoms with E-state index in [4.69, 9.17) is 0 Å². The van der Waals surface area contributed by atoms with Crippen LogP contribution in [-0.2, 0) is 4.79 Å². The van der Waals surface area contributed by atoms with Gasteiger partial charge in [0.2, 0.25) is 5.91 Å². The van der Waals surface area contributed by atoms with E-state index in [2.05, 4.69) is 15.5 Å². The van der Waals surface area contributed by atoms with E-state index in [9.17, 15) is 9.59 Å². The molecule has 0 saturated heterocycles. The average Bonchev–Trinajstić information content (AvgIpc) is 2.50. The topological polar surface area (TPSA) is 61.4 Å². The molecule has 0 heterocycles. The number of hydrogen-bond acceptors (Lipinski definition) is 3. The number of hydrogen-bond donors (Lipinski definition) is 2. The Labute approximate surface area is 138 Å². The fourth-order valence-electron chi connectivity index (χ4n) is 3.15. The zero-order valence-corrected chi connectivity index (χ0v) is 14.3. The summed E-state index contributed by atoms with van der Waals surface area (Å²) >= 11 is 0. The minimum absolute atomic E-state index is 0.255. The normalized spacial score (nSPS) is 15.5. The predicted molar refractivity (Wildman–Crippen MR) is 92.6 cm³/mol. The summed E-state index contributed by atoms with van der Waals surface area (Å²) in [6.07, 6.45) is 6.01. The Morgan fingerprint density at radius 1 is 1.17 bits per heavy atom. The molecule has 0 bridgehead atoms. The molecule has 3 amide bonds. The molecule has 5 nitrogen and oxygen atoms in total. The average molecular weight is 317 g/mol. The smallest absolute Gasteiger partial charge is 0.307 e. The van der Waals surface area contributed by atoms with Crippen molar-refractivity contribution in [1.82, 2.24) is 10.2 Å². The standard InChI is InChI=1S/C18H27N3O2/c1-13-9-10-16(14(2)11-13)19-18(23)20-17(22)12-21(3)15-7-5-4-6-8-15/h9-11,15H,4-8,12H2,1-3H3,(H2,19,20,22,23). The summed E-state index contributed by atoms with van der Waals surface area (Å²) in [6, 6.07) is 5.76. The molecule has 2 N–H and O–H groups in total. The van der Waals surface area contributed by atoms with Crippen molar-refractivity contribution in [1.29, 1.82) is 0 Å². The number of nitrogens with zero attached hydrogens (tertiary/aromatic N) is 1. The van der Waals surface area contributed by atoms with E-state index in [0.29, 0.717) is 6.04 Å². The number of nitrogens with one attached hydrogen (secondary N) is 2. The van der Waals surface area contributed by atoms with Gasteiger partial charge in [0.1, 0.15) is 0 Å². The van der Waals surface area contributed by atoms with Crippen LogP contribution in [0.1, 0.15) is 43.2 Å². The second kappa shape index (κ2) is 8.11. The van der Waals surface area contributed by atoms with Crippen molar-refractivity contribution in [2.75, 3.05) is 18.9 Å². The number of carbonyl (C=O) groups is 2. The zero-order valence-electron chi connectivity index (χ0n) is 14.3. The molecule has 1 fully saturated rings. The van der Waals surface area contributed by atoms with Crippen molar-refractivity contribution in [2.24, 2.45) is 0 Å². The predicted octanol–water partition coefficient (Wildman–Crippen LogP) is 3.22. The van der Waals surface area contributed by atoms with Gasteiger partial charge in [-0.25, -0.2) is 4.79 Å². The fourth-order valence-corrected chi connectivity index (χ4v) is 3.15. The highest BCUT2D eigenvalue weighted by molar-refractivity contribution is 6.02. The number of benzene rings is 1. The third kappa shape index (κ3) is 5.36. The van der Waals surface area contributed by atoms with Gasteiger partial charge in [-0.3, -0.25) is 15.0 Å². The summed E-state index contributed by atoms with van der Waals surface area (Å²) in [4.78, 5) is 26.0. The van der Waals surface area contributed by atoms with Gasteiger partial charge in [-0.2, -0.15) is 0 Å². The van der Waals surface area contributed by atoms with Gasteiger partial charge in [0.25, 0.3) is 0 Å². The van der Waals surface area contributed by atoms with E-state index in [1.165, 1.54) is 19.3 Å². The number of carbonyl (C=O) groups excluding carboxylic acids is 2. The molecule has 5 heteroatoms. The van der Waals surface area contributed by atoms with E-state index >= 15 is 0 Å². The van der Waals surface area contributed by atoms with E-state index in [1.807, 2.05) is 39.1 Å². The zero-order chi connectivity index (χ0) is 16.8. The van der Waals surface area contributed by atoms with Crippen molar-refractivity contribution < 1.29 is 9.59 Å². The van der Waals surface area contributed by atoms with Gasteiger partial charge in [-0.05, 0) is 45.4 Å². The second-order valence-corrected chi connectivity index (χ2v) is 6.53. The van der Waals surface area contributed by atoms with Crippen LogP contribution in [0.3, 0.4) is 0 Å². The van der Waals surface area contributed by atoms with Gasteiger partial charge in [-0.1, -0.05) is 37.0 Å². The first-order chi connectivity index (χ1) is 11.0. The number of imide groups is 1. The van der Waals surface area contributed by atoms with Crippen LogP contribution in [0.15, 0.2) is 18.2 Å². The Morgan fingerprint density at radius 3 is 2.52 bits per heavy atom. The van der Waals surface area contributed by atoms with Crippen LogP contribution in [0.25, 0.3) is 0 Å². The summed E-state index contributed by atoms with van der Waals surface area (Å²) in [5.41, 5.74) is 2.84. The largest absolute Gasteiger partial charge is 0.325 e. The van der Waals surface area contributed by atoms with Crippen LogP contribution in [0, 0.1) is 13.8 Å². The highest BCUT2D eigenvalue weighted by Gasteiger charge is 2.20. The van der Waals surface area contributed by atoms with E-state index in [-0.39, 0.29) is 12.5 Å². The van der Waals surface area contributed by atoms with Gasteiger partial charge in [0, 0.05) is 11.7 Å². The van der Waals surface area contributed by atoms with Crippen LogP contribution < -0.4 is 10.6 Å². The van der Waals surface area contributed by atoms with Gasteiger partial charge in [-0.15, -0.1) is 0 Å². The maximum Gasteiger partial charge on any atom is 0.325 e. The molecule has 0 radical (unpaired) electrons.